The van der Waals surface area contributed by atoms with E-state index in [0.29, 0.717) is 5.11 Å². The Morgan fingerprint density at radius 3 is 2.62 bits per heavy atom. The molecule has 1 aliphatic heterocycles. The third-order valence-electron chi connectivity index (χ3n) is 1.65. The molecular formula is C7H12N2O2S2. The average molecular weight is 220 g/mol. The second-order valence-corrected chi connectivity index (χ2v) is 5.43. The molecule has 0 saturated heterocycles. The molecule has 1 unspecified atom stereocenters. The Labute approximate surface area is 83.5 Å². The van der Waals surface area contributed by atoms with Crippen LogP contribution in [0, 0.1) is 0 Å². The van der Waals surface area contributed by atoms with Crippen molar-refractivity contribution in [3.8, 4) is 0 Å². The van der Waals surface area contributed by atoms with E-state index in [-0.39, 0.29) is 11.8 Å². The maximum atomic E-state index is 11.0. The monoisotopic (exact) mass is 220 g/mol. The van der Waals surface area contributed by atoms with Gasteiger partial charge in [-0.15, -0.1) is 0 Å². The van der Waals surface area contributed by atoms with E-state index in [1.807, 2.05) is 14.1 Å². The van der Waals surface area contributed by atoms with Gasteiger partial charge in [-0.2, -0.15) is 0 Å². The van der Waals surface area contributed by atoms with Gasteiger partial charge in [0.05, 0.1) is 11.8 Å². The van der Waals surface area contributed by atoms with E-state index in [1.54, 1.807) is 11.0 Å². The van der Waals surface area contributed by atoms with Crippen LogP contribution in [0.2, 0.25) is 0 Å². The highest BCUT2D eigenvalue weighted by Gasteiger charge is 2.22. The highest BCUT2D eigenvalue weighted by molar-refractivity contribution is 7.94. The summed E-state index contributed by atoms with van der Waals surface area (Å²) >= 11 is 4.98. The Balaban J connectivity index is 2.52. The molecule has 4 nitrogen and oxygen atoms in total. The molecule has 0 fully saturated rings. The third kappa shape index (κ3) is 2.96. The van der Waals surface area contributed by atoms with Crippen LogP contribution in [0.5, 0.6) is 0 Å². The van der Waals surface area contributed by atoms with Gasteiger partial charge < -0.3 is 10.2 Å². The van der Waals surface area contributed by atoms with Gasteiger partial charge in [0.15, 0.2) is 14.9 Å². The maximum Gasteiger partial charge on any atom is 0.173 e. The molecule has 0 saturated carbocycles. The predicted octanol–water partition coefficient (Wildman–Crippen LogP) is -0.267. The highest BCUT2D eigenvalue weighted by atomic mass is 32.2. The minimum Gasteiger partial charge on any atom is -0.355 e. The quantitative estimate of drug-likeness (QED) is 0.617. The van der Waals surface area contributed by atoms with Crippen molar-refractivity contribution < 1.29 is 8.42 Å². The SMILES string of the molecule is CN(C)C(=S)NC1C=CS(=O)(=O)C1. The molecule has 74 valence electrons. The first-order chi connectivity index (χ1) is 5.91. The summed E-state index contributed by atoms with van der Waals surface area (Å²) < 4.78 is 22.0. The standard InChI is InChI=1S/C7H12N2O2S2/c1-9(2)7(12)8-6-3-4-13(10,11)5-6/h3-4,6H,5H2,1-2H3,(H,8,12). The lowest BCUT2D eigenvalue weighted by atomic mass is 10.3. The Hall–Kier alpha value is -0.620. The van der Waals surface area contributed by atoms with Crippen LogP contribution in [0.4, 0.5) is 0 Å². The van der Waals surface area contributed by atoms with Gasteiger partial charge in [0.2, 0.25) is 0 Å². The normalized spacial score (nSPS) is 24.3. The van der Waals surface area contributed by atoms with Crippen LogP contribution in [0.15, 0.2) is 11.5 Å². The van der Waals surface area contributed by atoms with Crippen molar-refractivity contribution in [3.05, 3.63) is 11.5 Å². The van der Waals surface area contributed by atoms with Crippen LogP contribution in [-0.4, -0.2) is 44.3 Å². The van der Waals surface area contributed by atoms with Crippen LogP contribution >= 0.6 is 12.2 Å². The molecule has 1 atom stereocenters. The summed E-state index contributed by atoms with van der Waals surface area (Å²) in [5, 5.41) is 4.70. The van der Waals surface area contributed by atoms with Crippen molar-refractivity contribution in [2.75, 3.05) is 19.8 Å². The van der Waals surface area contributed by atoms with Gasteiger partial charge in [-0.05, 0) is 18.3 Å². The minimum atomic E-state index is -2.99. The molecule has 0 aromatic carbocycles. The predicted molar refractivity (Wildman–Crippen MR) is 56.1 cm³/mol. The molecule has 1 N–H and O–H groups in total. The lowest BCUT2D eigenvalue weighted by Gasteiger charge is -2.18. The summed E-state index contributed by atoms with van der Waals surface area (Å²) in [4.78, 5) is 1.73. The largest absolute Gasteiger partial charge is 0.355 e. The fourth-order valence-electron chi connectivity index (χ4n) is 0.953. The molecule has 6 heteroatoms. The molecule has 0 aromatic heterocycles. The van der Waals surface area contributed by atoms with Gasteiger partial charge in [-0.1, -0.05) is 0 Å². The van der Waals surface area contributed by atoms with Crippen LogP contribution in [-0.2, 0) is 9.84 Å². The van der Waals surface area contributed by atoms with Gasteiger partial charge in [0, 0.05) is 19.5 Å². The Kier molecular flexibility index (Phi) is 2.92. The molecular weight excluding hydrogens is 208 g/mol. The zero-order valence-corrected chi connectivity index (χ0v) is 9.15. The average Bonchev–Trinajstić information content (AvgIpc) is 2.30. The van der Waals surface area contributed by atoms with E-state index in [0.717, 1.165) is 0 Å². The smallest absolute Gasteiger partial charge is 0.173 e. The lowest BCUT2D eigenvalue weighted by molar-refractivity contribution is 0.583. The second kappa shape index (κ2) is 3.63. The molecule has 0 aromatic rings. The van der Waals surface area contributed by atoms with E-state index in [1.165, 1.54) is 5.41 Å². The van der Waals surface area contributed by atoms with Crippen LogP contribution < -0.4 is 5.32 Å². The van der Waals surface area contributed by atoms with Crippen molar-refractivity contribution in [1.29, 1.82) is 0 Å². The number of nitrogens with zero attached hydrogens (tertiary/aromatic N) is 1. The molecule has 0 radical (unpaired) electrons. The Morgan fingerprint density at radius 1 is 1.62 bits per heavy atom. The van der Waals surface area contributed by atoms with Crippen LogP contribution in [0.1, 0.15) is 0 Å². The molecule has 0 spiro atoms. The minimum absolute atomic E-state index is 0.0982. The van der Waals surface area contributed by atoms with Crippen molar-refractivity contribution in [1.82, 2.24) is 10.2 Å². The van der Waals surface area contributed by atoms with E-state index >= 15 is 0 Å². The molecule has 1 aliphatic rings. The van der Waals surface area contributed by atoms with Crippen molar-refractivity contribution in [2.24, 2.45) is 0 Å². The lowest BCUT2D eigenvalue weighted by Crippen LogP contribution is -2.41. The van der Waals surface area contributed by atoms with Crippen molar-refractivity contribution in [3.63, 3.8) is 0 Å². The van der Waals surface area contributed by atoms with Crippen LogP contribution in [0.3, 0.4) is 0 Å². The summed E-state index contributed by atoms with van der Waals surface area (Å²) in [6.45, 7) is 0. The summed E-state index contributed by atoms with van der Waals surface area (Å²) in [5.74, 6) is 0.0982. The number of nitrogens with one attached hydrogen (secondary N) is 1. The van der Waals surface area contributed by atoms with Crippen molar-refractivity contribution in [2.45, 2.75) is 6.04 Å². The van der Waals surface area contributed by atoms with E-state index in [4.69, 9.17) is 12.2 Å². The van der Waals surface area contributed by atoms with E-state index in [2.05, 4.69) is 5.32 Å². The summed E-state index contributed by atoms with van der Waals surface area (Å²) in [6.07, 6.45) is 1.62. The number of hydrogen-bond acceptors (Lipinski definition) is 3. The van der Waals surface area contributed by atoms with Gasteiger partial charge in [0.1, 0.15) is 0 Å². The zero-order chi connectivity index (χ0) is 10.1. The zero-order valence-electron chi connectivity index (χ0n) is 7.52. The first-order valence-electron chi connectivity index (χ1n) is 3.79. The number of sulfone groups is 1. The van der Waals surface area contributed by atoms with Gasteiger partial charge in [-0.25, -0.2) is 8.42 Å². The Morgan fingerprint density at radius 2 is 2.23 bits per heavy atom. The second-order valence-electron chi connectivity index (χ2n) is 3.11. The van der Waals surface area contributed by atoms with Crippen molar-refractivity contribution >= 4 is 27.2 Å². The molecule has 13 heavy (non-hydrogen) atoms. The third-order valence-corrected chi connectivity index (χ3v) is 3.52. The first-order valence-corrected chi connectivity index (χ1v) is 5.92. The molecule has 0 bridgehead atoms. The topological polar surface area (TPSA) is 49.4 Å². The van der Waals surface area contributed by atoms with Gasteiger partial charge in [-0.3, -0.25) is 0 Å². The van der Waals surface area contributed by atoms with Gasteiger partial charge >= 0.3 is 0 Å². The molecule has 0 aliphatic carbocycles. The van der Waals surface area contributed by atoms with E-state index < -0.39 is 9.84 Å². The fourth-order valence-corrected chi connectivity index (χ4v) is 2.34. The first kappa shape index (κ1) is 10.5. The summed E-state index contributed by atoms with van der Waals surface area (Å²) in [7, 11) is 0.628. The molecule has 0 amide bonds. The maximum absolute atomic E-state index is 11.0. The summed E-state index contributed by atoms with van der Waals surface area (Å²) in [5.41, 5.74) is 0. The molecule has 1 rings (SSSR count). The number of hydrogen-bond donors (Lipinski definition) is 1. The summed E-state index contributed by atoms with van der Waals surface area (Å²) in [6, 6.07) is -0.181. The highest BCUT2D eigenvalue weighted by Crippen LogP contribution is 2.07. The van der Waals surface area contributed by atoms with E-state index in [9.17, 15) is 8.42 Å². The van der Waals surface area contributed by atoms with Crippen LogP contribution in [0.25, 0.3) is 0 Å². The number of thiocarbonyl (C=S) groups is 1. The van der Waals surface area contributed by atoms with Gasteiger partial charge in [0.25, 0.3) is 0 Å². The fraction of sp³-hybridized carbons (Fsp3) is 0.571. The number of rotatable bonds is 1. The Bertz CT molecular complexity index is 332. The molecule has 1 heterocycles.